The van der Waals surface area contributed by atoms with Crippen molar-refractivity contribution in [3.8, 4) is 0 Å². The van der Waals surface area contributed by atoms with Gasteiger partial charge in [-0.2, -0.15) is 0 Å². The first-order valence-electron chi connectivity index (χ1n) is 4.94. The van der Waals surface area contributed by atoms with Crippen LogP contribution in [0.4, 0.5) is 0 Å². The molecule has 0 saturated carbocycles. The molecule has 6 nitrogen and oxygen atoms in total. The predicted molar refractivity (Wildman–Crippen MR) is 60.4 cm³/mol. The minimum atomic E-state index is -0.547. The van der Waals surface area contributed by atoms with Gasteiger partial charge in [0.25, 0.3) is 0 Å². The van der Waals surface area contributed by atoms with Crippen molar-refractivity contribution < 1.29 is 14.3 Å². The number of esters is 1. The molecule has 0 aromatic carbocycles. The number of hydrogen-bond acceptors (Lipinski definition) is 5. The zero-order chi connectivity index (χ0) is 12.8. The quantitative estimate of drug-likeness (QED) is 0.609. The predicted octanol–water partition coefficient (Wildman–Crippen LogP) is 0.420. The largest absolute Gasteiger partial charge is 0.462 e. The fourth-order valence-corrected chi connectivity index (χ4v) is 1.38. The molecule has 0 aliphatic heterocycles. The summed E-state index contributed by atoms with van der Waals surface area (Å²) >= 11 is 5.67. The molecule has 0 radical (unpaired) electrons. The summed E-state index contributed by atoms with van der Waals surface area (Å²) in [5.74, 6) is -0.813. The van der Waals surface area contributed by atoms with E-state index < -0.39 is 11.9 Å². The van der Waals surface area contributed by atoms with Crippen LogP contribution in [-0.4, -0.2) is 28.5 Å². The van der Waals surface area contributed by atoms with Crippen LogP contribution in [0.5, 0.6) is 0 Å². The Morgan fingerprint density at radius 3 is 2.76 bits per heavy atom. The fourth-order valence-electron chi connectivity index (χ4n) is 1.18. The van der Waals surface area contributed by atoms with Gasteiger partial charge in [0, 0.05) is 6.20 Å². The summed E-state index contributed by atoms with van der Waals surface area (Å²) in [6.07, 6.45) is 1.20. The third-order valence-corrected chi connectivity index (χ3v) is 2.13. The van der Waals surface area contributed by atoms with Crippen LogP contribution in [0.15, 0.2) is 6.20 Å². The molecule has 0 spiro atoms. The number of halogens is 1. The van der Waals surface area contributed by atoms with Gasteiger partial charge in [-0.25, -0.2) is 14.8 Å². The molecule has 1 aromatic rings. The van der Waals surface area contributed by atoms with Crippen molar-refractivity contribution in [3.05, 3.63) is 23.3 Å². The first-order valence-corrected chi connectivity index (χ1v) is 5.48. The van der Waals surface area contributed by atoms with E-state index in [2.05, 4.69) is 9.97 Å². The average molecular weight is 258 g/mol. The molecular weight excluding hydrogens is 246 g/mol. The molecular formula is C10H12ClN3O3. The van der Waals surface area contributed by atoms with E-state index in [4.69, 9.17) is 22.1 Å². The van der Waals surface area contributed by atoms with E-state index >= 15 is 0 Å². The van der Waals surface area contributed by atoms with Crippen molar-refractivity contribution in [1.82, 2.24) is 9.97 Å². The van der Waals surface area contributed by atoms with Gasteiger partial charge < -0.3 is 10.5 Å². The van der Waals surface area contributed by atoms with Crippen LogP contribution in [0.3, 0.4) is 0 Å². The van der Waals surface area contributed by atoms with Gasteiger partial charge in [0.05, 0.1) is 24.6 Å². The molecule has 1 heterocycles. The first-order chi connectivity index (χ1) is 8.08. The van der Waals surface area contributed by atoms with Crippen LogP contribution < -0.4 is 5.73 Å². The van der Waals surface area contributed by atoms with E-state index in [-0.39, 0.29) is 30.3 Å². The highest BCUT2D eigenvalue weighted by Crippen LogP contribution is 2.10. The zero-order valence-electron chi connectivity index (χ0n) is 9.27. The molecule has 1 aromatic heterocycles. The third kappa shape index (κ3) is 3.67. The number of nitrogens with zero attached hydrogens (tertiary/aromatic N) is 2. The molecule has 0 saturated heterocycles. The summed E-state index contributed by atoms with van der Waals surface area (Å²) in [5.41, 5.74) is 5.55. The number of nitrogens with two attached hydrogens (primary N) is 1. The van der Waals surface area contributed by atoms with Crippen molar-refractivity contribution >= 4 is 23.5 Å². The molecule has 7 heteroatoms. The maximum atomic E-state index is 11.5. The van der Waals surface area contributed by atoms with E-state index in [1.165, 1.54) is 6.20 Å². The number of primary amides is 1. The van der Waals surface area contributed by atoms with Gasteiger partial charge in [0.1, 0.15) is 11.4 Å². The molecule has 0 unspecified atom stereocenters. The van der Waals surface area contributed by atoms with Crippen molar-refractivity contribution in [2.75, 3.05) is 6.61 Å². The minimum absolute atomic E-state index is 0.0302. The number of rotatable bonds is 5. The maximum absolute atomic E-state index is 11.5. The van der Waals surface area contributed by atoms with Gasteiger partial charge >= 0.3 is 5.97 Å². The summed E-state index contributed by atoms with van der Waals surface area (Å²) in [4.78, 5) is 30.1. The van der Waals surface area contributed by atoms with Crippen molar-refractivity contribution in [1.29, 1.82) is 0 Å². The Balaban J connectivity index is 3.00. The van der Waals surface area contributed by atoms with Crippen molar-refractivity contribution in [2.24, 2.45) is 5.73 Å². The number of amides is 1. The number of hydrogen-bond donors (Lipinski definition) is 1. The third-order valence-electron chi connectivity index (χ3n) is 1.87. The molecule has 0 bridgehead atoms. The lowest BCUT2D eigenvalue weighted by molar-refractivity contribution is -0.117. The van der Waals surface area contributed by atoms with Crippen LogP contribution >= 0.6 is 11.6 Å². The van der Waals surface area contributed by atoms with Crippen molar-refractivity contribution in [3.63, 3.8) is 0 Å². The van der Waals surface area contributed by atoms with Gasteiger partial charge in [0.2, 0.25) is 5.91 Å². The highest BCUT2D eigenvalue weighted by atomic mass is 35.5. The number of carbonyl (C=O) groups excluding carboxylic acids is 2. The van der Waals surface area contributed by atoms with E-state index in [1.54, 1.807) is 6.92 Å². The first kappa shape index (κ1) is 13.4. The molecule has 0 aliphatic carbocycles. The summed E-state index contributed by atoms with van der Waals surface area (Å²) in [5, 5.41) is 0. The Morgan fingerprint density at radius 2 is 2.24 bits per heavy atom. The lowest BCUT2D eigenvalue weighted by Gasteiger charge is -2.06. The second kappa shape index (κ2) is 6.15. The van der Waals surface area contributed by atoms with E-state index in [0.29, 0.717) is 5.69 Å². The molecule has 92 valence electrons. The van der Waals surface area contributed by atoms with Gasteiger partial charge in [-0.3, -0.25) is 4.79 Å². The van der Waals surface area contributed by atoms with Gasteiger partial charge in [-0.15, -0.1) is 11.6 Å². The Morgan fingerprint density at radius 1 is 1.53 bits per heavy atom. The molecule has 1 rings (SSSR count). The number of carbonyl (C=O) groups is 2. The Kier molecular flexibility index (Phi) is 4.84. The Labute approximate surface area is 103 Å². The van der Waals surface area contributed by atoms with Crippen LogP contribution in [0.25, 0.3) is 0 Å². The molecule has 0 aliphatic rings. The smallest absolute Gasteiger partial charge is 0.341 e. The molecule has 17 heavy (non-hydrogen) atoms. The minimum Gasteiger partial charge on any atom is -0.462 e. The van der Waals surface area contributed by atoms with E-state index in [1.807, 2.05) is 0 Å². The van der Waals surface area contributed by atoms with Gasteiger partial charge in [-0.05, 0) is 6.92 Å². The molecule has 0 fully saturated rings. The van der Waals surface area contributed by atoms with Crippen LogP contribution in [0.2, 0.25) is 0 Å². The Bertz CT molecular complexity index is 437. The highest BCUT2D eigenvalue weighted by Gasteiger charge is 2.15. The molecule has 2 N–H and O–H groups in total. The average Bonchev–Trinajstić information content (AvgIpc) is 2.28. The molecule has 1 amide bonds. The highest BCUT2D eigenvalue weighted by molar-refractivity contribution is 6.17. The van der Waals surface area contributed by atoms with Crippen LogP contribution in [0, 0.1) is 0 Å². The summed E-state index contributed by atoms with van der Waals surface area (Å²) in [7, 11) is 0. The lowest BCUT2D eigenvalue weighted by Crippen LogP contribution is -2.18. The maximum Gasteiger partial charge on any atom is 0.341 e. The summed E-state index contributed by atoms with van der Waals surface area (Å²) in [6.45, 7) is 1.95. The second-order valence-electron chi connectivity index (χ2n) is 3.14. The standard InChI is InChI=1S/C10H12ClN3O3/c1-2-17-10(16)6-5-13-9(3-8(12)15)14-7(6)4-11/h5H,2-4H2,1H3,(H2,12,15). The fraction of sp³-hybridized carbons (Fsp3) is 0.400. The number of ether oxygens (including phenoxy) is 1. The van der Waals surface area contributed by atoms with Crippen LogP contribution in [0.1, 0.15) is 28.8 Å². The summed E-state index contributed by atoms with van der Waals surface area (Å²) < 4.78 is 4.82. The summed E-state index contributed by atoms with van der Waals surface area (Å²) in [6, 6.07) is 0. The molecule has 0 atom stereocenters. The monoisotopic (exact) mass is 257 g/mol. The zero-order valence-corrected chi connectivity index (χ0v) is 10.0. The normalized spacial score (nSPS) is 10.0. The topological polar surface area (TPSA) is 95.2 Å². The van der Waals surface area contributed by atoms with Crippen molar-refractivity contribution in [2.45, 2.75) is 19.2 Å². The van der Waals surface area contributed by atoms with E-state index in [0.717, 1.165) is 0 Å². The number of alkyl halides is 1. The lowest BCUT2D eigenvalue weighted by atomic mass is 10.2. The number of aromatic nitrogens is 2. The van der Waals surface area contributed by atoms with Gasteiger partial charge in [-0.1, -0.05) is 0 Å². The SMILES string of the molecule is CCOC(=O)c1cnc(CC(N)=O)nc1CCl. The second-order valence-corrected chi connectivity index (χ2v) is 3.41. The Hall–Kier alpha value is -1.69. The van der Waals surface area contributed by atoms with Crippen LogP contribution in [-0.2, 0) is 21.8 Å². The van der Waals surface area contributed by atoms with E-state index in [9.17, 15) is 9.59 Å². The van der Waals surface area contributed by atoms with Gasteiger partial charge in [0.15, 0.2) is 0 Å².